The highest BCUT2D eigenvalue weighted by molar-refractivity contribution is 5.97. The predicted molar refractivity (Wildman–Crippen MR) is 75.4 cm³/mol. The molecule has 0 aromatic heterocycles. The molecule has 1 aliphatic heterocycles. The summed E-state index contributed by atoms with van der Waals surface area (Å²) in [6.07, 6.45) is 0. The van der Waals surface area contributed by atoms with Crippen LogP contribution in [-0.2, 0) is 4.79 Å². The van der Waals surface area contributed by atoms with Gasteiger partial charge in [-0.2, -0.15) is 0 Å². The van der Waals surface area contributed by atoms with Crippen molar-refractivity contribution in [3.63, 3.8) is 0 Å². The van der Waals surface area contributed by atoms with Crippen LogP contribution in [0.1, 0.15) is 18.5 Å². The van der Waals surface area contributed by atoms with Gasteiger partial charge in [-0.1, -0.05) is 6.07 Å². The van der Waals surface area contributed by atoms with E-state index in [1.165, 1.54) is 0 Å². The number of anilines is 1. The van der Waals surface area contributed by atoms with Crippen molar-refractivity contribution in [2.75, 3.05) is 38.7 Å². The summed E-state index contributed by atoms with van der Waals surface area (Å²) in [7, 11) is 3.98. The van der Waals surface area contributed by atoms with E-state index >= 15 is 0 Å². The number of ether oxygens (including phenoxy) is 1. The molecule has 19 heavy (non-hydrogen) atoms. The van der Waals surface area contributed by atoms with Crippen molar-refractivity contribution in [1.82, 2.24) is 4.90 Å². The Kier molecular flexibility index (Phi) is 4.07. The number of carbonyl (C=O) groups is 1. The molecule has 1 heterocycles. The van der Waals surface area contributed by atoms with Gasteiger partial charge in [-0.25, -0.2) is 0 Å². The molecule has 1 amide bonds. The molecule has 0 fully saturated rings. The van der Waals surface area contributed by atoms with Crippen LogP contribution >= 0.6 is 0 Å². The number of carbonyl (C=O) groups excluding carboxylic acids is 1. The number of benzene rings is 1. The van der Waals surface area contributed by atoms with Gasteiger partial charge in [0.2, 0.25) is 0 Å². The van der Waals surface area contributed by atoms with Crippen LogP contribution in [0.5, 0.6) is 5.75 Å². The Hall–Kier alpha value is -1.59. The Labute approximate surface area is 113 Å². The lowest BCUT2D eigenvalue weighted by atomic mass is 10.1. The van der Waals surface area contributed by atoms with E-state index in [1.54, 1.807) is 4.90 Å². The second kappa shape index (κ2) is 5.59. The molecule has 5 heteroatoms. The van der Waals surface area contributed by atoms with Crippen molar-refractivity contribution in [2.24, 2.45) is 5.73 Å². The van der Waals surface area contributed by atoms with Crippen molar-refractivity contribution >= 4 is 11.6 Å². The summed E-state index contributed by atoms with van der Waals surface area (Å²) in [5, 5.41) is 0. The fourth-order valence-corrected chi connectivity index (χ4v) is 2.05. The van der Waals surface area contributed by atoms with Gasteiger partial charge in [-0.3, -0.25) is 4.79 Å². The van der Waals surface area contributed by atoms with Gasteiger partial charge >= 0.3 is 0 Å². The number of hydrogen-bond acceptors (Lipinski definition) is 4. The molecule has 1 aromatic carbocycles. The Morgan fingerprint density at radius 2 is 2.21 bits per heavy atom. The smallest absolute Gasteiger partial charge is 0.265 e. The topological polar surface area (TPSA) is 58.8 Å². The van der Waals surface area contributed by atoms with Gasteiger partial charge in [0.05, 0.1) is 5.69 Å². The maximum atomic E-state index is 12.0. The molecular formula is C14H21N3O2. The van der Waals surface area contributed by atoms with Crippen LogP contribution in [0.3, 0.4) is 0 Å². The number of likely N-dealkylation sites (N-methyl/N-ethyl adjacent to an activating group) is 1. The second-order valence-electron chi connectivity index (χ2n) is 5.15. The predicted octanol–water partition coefficient (Wildman–Crippen LogP) is 0.993. The molecule has 0 bridgehead atoms. The molecule has 1 aliphatic rings. The van der Waals surface area contributed by atoms with Crippen molar-refractivity contribution in [2.45, 2.75) is 13.0 Å². The first-order valence-electron chi connectivity index (χ1n) is 6.46. The summed E-state index contributed by atoms with van der Waals surface area (Å²) < 4.78 is 5.46. The summed E-state index contributed by atoms with van der Waals surface area (Å²) >= 11 is 0. The van der Waals surface area contributed by atoms with E-state index < -0.39 is 0 Å². The minimum absolute atomic E-state index is 0.00354. The Morgan fingerprint density at radius 3 is 2.84 bits per heavy atom. The summed E-state index contributed by atoms with van der Waals surface area (Å²) in [5.41, 5.74) is 7.73. The second-order valence-corrected chi connectivity index (χ2v) is 5.15. The average molecular weight is 263 g/mol. The molecule has 5 nitrogen and oxygen atoms in total. The van der Waals surface area contributed by atoms with Gasteiger partial charge in [0.25, 0.3) is 5.91 Å². The maximum Gasteiger partial charge on any atom is 0.265 e. The van der Waals surface area contributed by atoms with Crippen molar-refractivity contribution < 1.29 is 9.53 Å². The molecule has 1 aromatic rings. The van der Waals surface area contributed by atoms with Crippen LogP contribution < -0.4 is 15.4 Å². The zero-order valence-electron chi connectivity index (χ0n) is 11.7. The molecule has 1 unspecified atom stereocenters. The van der Waals surface area contributed by atoms with E-state index in [0.717, 1.165) is 23.5 Å². The third kappa shape index (κ3) is 3.05. The van der Waals surface area contributed by atoms with E-state index in [-0.39, 0.29) is 18.6 Å². The largest absolute Gasteiger partial charge is 0.482 e. The van der Waals surface area contributed by atoms with Crippen LogP contribution in [-0.4, -0.2) is 44.6 Å². The van der Waals surface area contributed by atoms with Crippen LogP contribution in [0, 0.1) is 0 Å². The van der Waals surface area contributed by atoms with Crippen molar-refractivity contribution in [1.29, 1.82) is 0 Å². The normalized spacial score (nSPS) is 16.3. The number of amides is 1. The van der Waals surface area contributed by atoms with Gasteiger partial charge in [0, 0.05) is 19.1 Å². The number of hydrogen-bond donors (Lipinski definition) is 1. The molecule has 0 saturated heterocycles. The van der Waals surface area contributed by atoms with E-state index in [4.69, 9.17) is 10.5 Å². The lowest BCUT2D eigenvalue weighted by Crippen LogP contribution is -2.42. The molecule has 1 atom stereocenters. The van der Waals surface area contributed by atoms with E-state index in [9.17, 15) is 4.79 Å². The summed E-state index contributed by atoms with van der Waals surface area (Å²) in [6.45, 7) is 3.51. The number of nitrogens with two attached hydrogens (primary N) is 1. The lowest BCUT2D eigenvalue weighted by molar-refractivity contribution is -0.121. The highest BCUT2D eigenvalue weighted by Gasteiger charge is 2.25. The number of fused-ring (bicyclic) bond motifs is 1. The lowest BCUT2D eigenvalue weighted by Gasteiger charge is -2.31. The van der Waals surface area contributed by atoms with Gasteiger partial charge in [0.1, 0.15) is 5.75 Å². The molecule has 0 aliphatic carbocycles. The maximum absolute atomic E-state index is 12.0. The first-order valence-corrected chi connectivity index (χ1v) is 6.46. The molecule has 2 rings (SSSR count). The first kappa shape index (κ1) is 13.8. The number of rotatable bonds is 4. The number of nitrogens with zero attached hydrogens (tertiary/aromatic N) is 2. The first-order chi connectivity index (χ1) is 8.99. The fraction of sp³-hybridized carbons (Fsp3) is 0.500. The van der Waals surface area contributed by atoms with Crippen molar-refractivity contribution in [3.8, 4) is 5.75 Å². The molecule has 104 valence electrons. The van der Waals surface area contributed by atoms with Gasteiger partial charge in [-0.05, 0) is 38.7 Å². The quantitative estimate of drug-likeness (QED) is 0.880. The summed E-state index contributed by atoms with van der Waals surface area (Å²) in [6, 6.07) is 5.73. The third-order valence-corrected chi connectivity index (χ3v) is 3.22. The zero-order valence-corrected chi connectivity index (χ0v) is 11.7. The molecule has 2 N–H and O–H groups in total. The Balaban J connectivity index is 2.30. The molecular weight excluding hydrogens is 242 g/mol. The van der Waals surface area contributed by atoms with Crippen LogP contribution in [0.15, 0.2) is 18.2 Å². The zero-order chi connectivity index (χ0) is 14.0. The van der Waals surface area contributed by atoms with Crippen LogP contribution in [0.25, 0.3) is 0 Å². The van der Waals surface area contributed by atoms with Gasteiger partial charge < -0.3 is 20.3 Å². The van der Waals surface area contributed by atoms with E-state index in [0.29, 0.717) is 6.54 Å². The Bertz CT molecular complexity index is 472. The fourth-order valence-electron chi connectivity index (χ4n) is 2.05. The summed E-state index contributed by atoms with van der Waals surface area (Å²) in [5.74, 6) is 0.749. The van der Waals surface area contributed by atoms with Crippen LogP contribution in [0.4, 0.5) is 5.69 Å². The molecule has 0 spiro atoms. The van der Waals surface area contributed by atoms with Gasteiger partial charge in [0.15, 0.2) is 6.61 Å². The third-order valence-electron chi connectivity index (χ3n) is 3.22. The monoisotopic (exact) mass is 263 g/mol. The summed E-state index contributed by atoms with van der Waals surface area (Å²) in [4.78, 5) is 15.8. The highest BCUT2D eigenvalue weighted by atomic mass is 16.5. The van der Waals surface area contributed by atoms with E-state index in [1.807, 2.05) is 39.2 Å². The molecule has 0 saturated carbocycles. The minimum Gasteiger partial charge on any atom is -0.482 e. The van der Waals surface area contributed by atoms with E-state index in [2.05, 4.69) is 4.90 Å². The molecule has 0 radical (unpaired) electrons. The minimum atomic E-state index is -0.0574. The highest BCUT2D eigenvalue weighted by Crippen LogP contribution is 2.33. The SMILES string of the molecule is CC(N)c1ccc2c(c1)N(CCN(C)C)C(=O)CO2. The Morgan fingerprint density at radius 1 is 1.47 bits per heavy atom. The van der Waals surface area contributed by atoms with Crippen molar-refractivity contribution in [3.05, 3.63) is 23.8 Å². The standard InChI is InChI=1S/C14H21N3O2/c1-10(15)11-4-5-13-12(8-11)17(7-6-16(2)3)14(18)9-19-13/h4-5,8,10H,6-7,9,15H2,1-3H3. The van der Waals surface area contributed by atoms with Crippen LogP contribution in [0.2, 0.25) is 0 Å². The van der Waals surface area contributed by atoms with Gasteiger partial charge in [-0.15, -0.1) is 0 Å². The average Bonchev–Trinajstić information content (AvgIpc) is 2.36.